The van der Waals surface area contributed by atoms with E-state index < -0.39 is 11.4 Å². The van der Waals surface area contributed by atoms with Crippen LogP contribution in [0.4, 0.5) is 5.69 Å². The number of carbonyl (C=O) groups is 1. The molecule has 2 heterocycles. The molecule has 1 aromatic carbocycles. The van der Waals surface area contributed by atoms with Gasteiger partial charge in [-0.1, -0.05) is 6.42 Å². The van der Waals surface area contributed by atoms with Crippen LogP contribution in [0.5, 0.6) is 5.75 Å². The molecule has 1 aromatic heterocycles. The zero-order valence-corrected chi connectivity index (χ0v) is 18.2. The van der Waals surface area contributed by atoms with E-state index in [0.29, 0.717) is 29.0 Å². The number of nitriles is 1. The Labute approximate surface area is 186 Å². The van der Waals surface area contributed by atoms with Crippen molar-refractivity contribution in [3.05, 3.63) is 34.1 Å². The van der Waals surface area contributed by atoms with Crippen molar-refractivity contribution in [2.75, 3.05) is 25.1 Å². The van der Waals surface area contributed by atoms with Gasteiger partial charge < -0.3 is 25.0 Å². The molecular weight excluding hydrogens is 408 g/mol. The SMILES string of the molecule is COc1c(N2CC3CCCC3(C(N)CC#N)C2)ccc2c(=O)c(C(=O)O)cn(C3CC3)c12. The summed E-state index contributed by atoms with van der Waals surface area (Å²) in [5, 5.41) is 19.1. The van der Waals surface area contributed by atoms with Crippen LogP contribution in [0.2, 0.25) is 0 Å². The zero-order chi connectivity index (χ0) is 22.6. The number of rotatable bonds is 6. The van der Waals surface area contributed by atoms with Gasteiger partial charge in [0.25, 0.3) is 0 Å². The highest BCUT2D eigenvalue weighted by atomic mass is 16.5. The number of nitrogens with two attached hydrogens (primary N) is 1. The lowest BCUT2D eigenvalue weighted by molar-refractivity contribution is 0.0695. The molecule has 2 aromatic rings. The second-order valence-electron chi connectivity index (χ2n) is 9.50. The summed E-state index contributed by atoms with van der Waals surface area (Å²) in [6, 6.07) is 5.86. The highest BCUT2D eigenvalue weighted by molar-refractivity contribution is 5.97. The predicted molar refractivity (Wildman–Crippen MR) is 120 cm³/mol. The van der Waals surface area contributed by atoms with Gasteiger partial charge in [-0.25, -0.2) is 4.79 Å². The number of benzene rings is 1. The van der Waals surface area contributed by atoms with Gasteiger partial charge in [-0.05, 0) is 43.7 Å². The second kappa shape index (κ2) is 7.52. The molecule has 8 nitrogen and oxygen atoms in total. The number of hydrogen-bond acceptors (Lipinski definition) is 6. The number of aromatic nitrogens is 1. The molecule has 2 saturated carbocycles. The van der Waals surface area contributed by atoms with Crippen LogP contribution in [0, 0.1) is 22.7 Å². The summed E-state index contributed by atoms with van der Waals surface area (Å²) in [7, 11) is 1.60. The van der Waals surface area contributed by atoms with Gasteiger partial charge in [-0.2, -0.15) is 5.26 Å². The Hall–Kier alpha value is -3.05. The van der Waals surface area contributed by atoms with Crippen molar-refractivity contribution < 1.29 is 14.6 Å². The summed E-state index contributed by atoms with van der Waals surface area (Å²) < 4.78 is 7.79. The molecule has 168 valence electrons. The van der Waals surface area contributed by atoms with Crippen LogP contribution in [0.1, 0.15) is 54.9 Å². The predicted octanol–water partition coefficient (Wildman–Crippen LogP) is 2.89. The van der Waals surface area contributed by atoms with Crippen molar-refractivity contribution in [1.82, 2.24) is 4.57 Å². The Morgan fingerprint density at radius 1 is 1.41 bits per heavy atom. The lowest BCUT2D eigenvalue weighted by atomic mass is 9.73. The summed E-state index contributed by atoms with van der Waals surface area (Å²) in [6.45, 7) is 1.59. The topological polar surface area (TPSA) is 122 Å². The summed E-state index contributed by atoms with van der Waals surface area (Å²) in [5.41, 5.74) is 7.30. The molecule has 0 spiro atoms. The monoisotopic (exact) mass is 436 g/mol. The minimum atomic E-state index is -1.21. The number of methoxy groups -OCH3 is 1. The lowest BCUT2D eigenvalue weighted by Crippen LogP contribution is -2.45. The summed E-state index contributed by atoms with van der Waals surface area (Å²) in [6.07, 6.45) is 6.96. The maximum atomic E-state index is 12.9. The van der Waals surface area contributed by atoms with Crippen LogP contribution in [0.15, 0.2) is 23.1 Å². The zero-order valence-electron chi connectivity index (χ0n) is 18.2. The minimum absolute atomic E-state index is 0.0843. The van der Waals surface area contributed by atoms with Crippen LogP contribution >= 0.6 is 0 Å². The molecule has 1 saturated heterocycles. The van der Waals surface area contributed by atoms with E-state index in [1.807, 2.05) is 10.6 Å². The standard InChI is InChI=1S/C24H28N4O4/c1-32-22-18(27-11-14-3-2-9-24(14,13-27)19(26)8-10-25)7-6-16-20(22)28(15-4-5-15)12-17(21(16)29)23(30)31/h6-7,12,14-15,19H,2-5,8-9,11,13,26H2,1H3,(H,30,31). The fourth-order valence-corrected chi connectivity index (χ4v) is 6.08. The van der Waals surface area contributed by atoms with Crippen LogP contribution in [0.25, 0.3) is 10.9 Å². The normalized spacial score (nSPS) is 25.5. The van der Waals surface area contributed by atoms with E-state index in [-0.39, 0.29) is 23.1 Å². The molecule has 3 atom stereocenters. The molecule has 5 rings (SSSR count). The number of ether oxygens (including phenoxy) is 1. The number of carboxylic acid groups (broad SMARTS) is 1. The van der Waals surface area contributed by atoms with Crippen molar-refractivity contribution in [3.8, 4) is 11.8 Å². The fraction of sp³-hybridized carbons (Fsp3) is 0.542. The molecule has 3 fully saturated rings. The number of nitrogens with zero attached hydrogens (tertiary/aromatic N) is 3. The van der Waals surface area contributed by atoms with Gasteiger partial charge in [-0.15, -0.1) is 0 Å². The van der Waals surface area contributed by atoms with Gasteiger partial charge >= 0.3 is 5.97 Å². The van der Waals surface area contributed by atoms with E-state index in [1.54, 1.807) is 13.2 Å². The smallest absolute Gasteiger partial charge is 0.341 e. The van der Waals surface area contributed by atoms with E-state index in [4.69, 9.17) is 10.5 Å². The van der Waals surface area contributed by atoms with Gasteiger partial charge in [0, 0.05) is 36.8 Å². The first-order valence-corrected chi connectivity index (χ1v) is 11.3. The Balaban J connectivity index is 1.64. The molecule has 0 radical (unpaired) electrons. The van der Waals surface area contributed by atoms with E-state index in [1.165, 1.54) is 6.20 Å². The quantitative estimate of drug-likeness (QED) is 0.714. The Morgan fingerprint density at radius 3 is 2.84 bits per heavy atom. The maximum absolute atomic E-state index is 12.9. The Morgan fingerprint density at radius 2 is 2.19 bits per heavy atom. The average Bonchev–Trinajstić information content (AvgIpc) is 3.42. The molecule has 3 unspecified atom stereocenters. The van der Waals surface area contributed by atoms with Crippen LogP contribution in [-0.4, -0.2) is 41.9 Å². The molecule has 8 heteroatoms. The van der Waals surface area contributed by atoms with Crippen LogP contribution in [0.3, 0.4) is 0 Å². The molecule has 0 amide bonds. The first kappa shape index (κ1) is 20.8. The minimum Gasteiger partial charge on any atom is -0.492 e. The first-order chi connectivity index (χ1) is 15.4. The number of carboxylic acids is 1. The van der Waals surface area contributed by atoms with E-state index in [9.17, 15) is 20.0 Å². The number of aromatic carboxylic acids is 1. The Bertz CT molecular complexity index is 1200. The van der Waals surface area contributed by atoms with Crippen molar-refractivity contribution in [2.45, 2.75) is 50.6 Å². The number of hydrogen-bond donors (Lipinski definition) is 2. The van der Waals surface area contributed by atoms with Crippen molar-refractivity contribution in [3.63, 3.8) is 0 Å². The van der Waals surface area contributed by atoms with Gasteiger partial charge in [0.2, 0.25) is 5.43 Å². The van der Waals surface area contributed by atoms with Gasteiger partial charge in [0.1, 0.15) is 5.56 Å². The molecule has 32 heavy (non-hydrogen) atoms. The van der Waals surface area contributed by atoms with E-state index in [2.05, 4.69) is 11.0 Å². The van der Waals surface area contributed by atoms with E-state index in [0.717, 1.165) is 50.9 Å². The number of fused-ring (bicyclic) bond motifs is 2. The fourth-order valence-electron chi connectivity index (χ4n) is 6.08. The van der Waals surface area contributed by atoms with Gasteiger partial charge in [0.05, 0.1) is 36.2 Å². The largest absolute Gasteiger partial charge is 0.492 e. The van der Waals surface area contributed by atoms with Gasteiger partial charge in [-0.3, -0.25) is 4.79 Å². The molecule has 3 N–H and O–H groups in total. The molecule has 2 aliphatic carbocycles. The second-order valence-corrected chi connectivity index (χ2v) is 9.50. The number of pyridine rings is 1. The third kappa shape index (κ3) is 2.99. The third-order valence-electron chi connectivity index (χ3n) is 7.83. The van der Waals surface area contributed by atoms with Crippen LogP contribution < -0.4 is 20.8 Å². The van der Waals surface area contributed by atoms with Crippen molar-refractivity contribution in [2.24, 2.45) is 17.1 Å². The van der Waals surface area contributed by atoms with Crippen molar-refractivity contribution in [1.29, 1.82) is 5.26 Å². The molecule has 1 aliphatic heterocycles. The Kier molecular flexibility index (Phi) is 4.90. The number of anilines is 1. The molecule has 3 aliphatic rings. The van der Waals surface area contributed by atoms with Gasteiger partial charge in [0.15, 0.2) is 5.75 Å². The highest BCUT2D eigenvalue weighted by Gasteiger charge is 2.53. The summed E-state index contributed by atoms with van der Waals surface area (Å²) >= 11 is 0. The van der Waals surface area contributed by atoms with Crippen LogP contribution in [-0.2, 0) is 0 Å². The first-order valence-electron chi connectivity index (χ1n) is 11.3. The summed E-state index contributed by atoms with van der Waals surface area (Å²) in [5.74, 6) is -0.186. The highest BCUT2D eigenvalue weighted by Crippen LogP contribution is 2.53. The van der Waals surface area contributed by atoms with E-state index >= 15 is 0 Å². The molecule has 0 bridgehead atoms. The lowest BCUT2D eigenvalue weighted by Gasteiger charge is -2.34. The molecular formula is C24H28N4O4. The third-order valence-corrected chi connectivity index (χ3v) is 7.83. The average molecular weight is 437 g/mol. The summed E-state index contributed by atoms with van der Waals surface area (Å²) in [4.78, 5) is 26.9. The maximum Gasteiger partial charge on any atom is 0.341 e. The van der Waals surface area contributed by atoms with Crippen molar-refractivity contribution >= 4 is 22.6 Å².